The number of methoxy groups -OCH3 is 1. The van der Waals surface area contributed by atoms with Crippen molar-refractivity contribution in [3.05, 3.63) is 57.8 Å². The first kappa shape index (κ1) is 17.1. The van der Waals surface area contributed by atoms with Gasteiger partial charge < -0.3 is 15.0 Å². The monoisotopic (exact) mass is 346 g/mol. The molecule has 2 heterocycles. The second-order valence-corrected chi connectivity index (χ2v) is 5.78. The van der Waals surface area contributed by atoms with Crippen molar-refractivity contribution in [2.24, 2.45) is 0 Å². The van der Waals surface area contributed by atoms with Crippen LogP contribution in [0.3, 0.4) is 0 Å². The van der Waals surface area contributed by atoms with Gasteiger partial charge >= 0.3 is 6.03 Å². The highest BCUT2D eigenvalue weighted by Gasteiger charge is 2.23. The van der Waals surface area contributed by atoms with Gasteiger partial charge in [0.25, 0.3) is 5.56 Å². The van der Waals surface area contributed by atoms with Crippen molar-refractivity contribution in [3.63, 3.8) is 0 Å². The number of benzene rings is 1. The van der Waals surface area contributed by atoms with E-state index >= 15 is 0 Å². The van der Waals surface area contributed by atoms with E-state index in [0.29, 0.717) is 38.3 Å². The highest BCUT2D eigenvalue weighted by atomic mass is 19.1. The Bertz CT molecular complexity index is 837. The van der Waals surface area contributed by atoms with Crippen LogP contribution in [-0.4, -0.2) is 41.0 Å². The van der Waals surface area contributed by atoms with Crippen LogP contribution >= 0.6 is 0 Å². The van der Waals surface area contributed by atoms with E-state index in [2.05, 4.69) is 10.4 Å². The molecule has 2 aromatic rings. The number of hydrogen-bond donors (Lipinski definition) is 1. The van der Waals surface area contributed by atoms with Crippen LogP contribution in [-0.2, 0) is 24.2 Å². The van der Waals surface area contributed by atoms with Crippen LogP contribution in [0.15, 0.2) is 35.1 Å². The number of carbonyl (C=O) groups excluding carboxylic acids is 1. The van der Waals surface area contributed by atoms with Gasteiger partial charge in [-0.2, -0.15) is 5.10 Å². The van der Waals surface area contributed by atoms with Crippen LogP contribution < -0.4 is 10.9 Å². The first-order valence-electron chi connectivity index (χ1n) is 7.97. The molecule has 7 nitrogen and oxygen atoms in total. The molecule has 0 bridgehead atoms. The summed E-state index contributed by atoms with van der Waals surface area (Å²) in [5.74, 6) is -0.414. The maximum atomic E-state index is 13.2. The fourth-order valence-electron chi connectivity index (χ4n) is 2.72. The molecule has 132 valence electrons. The number of anilines is 1. The Morgan fingerprint density at radius 3 is 3.00 bits per heavy atom. The lowest BCUT2D eigenvalue weighted by Crippen LogP contribution is -2.40. The Balaban J connectivity index is 1.71. The highest BCUT2D eigenvalue weighted by Crippen LogP contribution is 2.17. The Morgan fingerprint density at radius 2 is 2.24 bits per heavy atom. The van der Waals surface area contributed by atoms with Gasteiger partial charge in [-0.3, -0.25) is 4.79 Å². The van der Waals surface area contributed by atoms with Crippen molar-refractivity contribution in [1.82, 2.24) is 14.7 Å². The Kier molecular flexibility index (Phi) is 5.08. The quantitative estimate of drug-likeness (QED) is 0.913. The second kappa shape index (κ2) is 7.43. The fraction of sp³-hybridized carbons (Fsp3) is 0.353. The number of nitrogens with zero attached hydrogens (tertiary/aromatic N) is 3. The Hall–Kier alpha value is -2.74. The summed E-state index contributed by atoms with van der Waals surface area (Å²) in [6, 6.07) is 6.90. The summed E-state index contributed by atoms with van der Waals surface area (Å²) >= 11 is 0. The van der Waals surface area contributed by atoms with Gasteiger partial charge in [0, 0.05) is 43.9 Å². The lowest BCUT2D eigenvalue weighted by Gasteiger charge is -2.28. The van der Waals surface area contributed by atoms with Crippen LogP contribution in [0, 0.1) is 5.82 Å². The molecule has 0 spiro atoms. The van der Waals surface area contributed by atoms with Gasteiger partial charge in [-0.05, 0) is 18.2 Å². The van der Waals surface area contributed by atoms with Crippen molar-refractivity contribution in [2.75, 3.05) is 25.6 Å². The zero-order valence-electron chi connectivity index (χ0n) is 13.9. The third-order valence-corrected chi connectivity index (χ3v) is 4.01. The molecule has 1 aliphatic rings. The predicted molar refractivity (Wildman–Crippen MR) is 89.9 cm³/mol. The number of amides is 2. The summed E-state index contributed by atoms with van der Waals surface area (Å²) in [6.45, 7) is 1.58. The summed E-state index contributed by atoms with van der Waals surface area (Å²) in [5.41, 5.74) is 1.72. The number of aromatic nitrogens is 2. The SMILES string of the molecule is COCCn1nc2c(cc1=O)CN(C(=O)Nc1cccc(F)c1)CC2. The van der Waals surface area contributed by atoms with Gasteiger partial charge in [-0.25, -0.2) is 13.9 Å². The van der Waals surface area contributed by atoms with E-state index in [1.54, 1.807) is 18.1 Å². The third kappa shape index (κ3) is 4.03. The number of nitrogens with one attached hydrogen (secondary N) is 1. The zero-order valence-corrected chi connectivity index (χ0v) is 13.9. The summed E-state index contributed by atoms with van der Waals surface area (Å²) < 4.78 is 19.6. The van der Waals surface area contributed by atoms with Crippen LogP contribution in [0.4, 0.5) is 14.9 Å². The van der Waals surface area contributed by atoms with Gasteiger partial charge in [0.2, 0.25) is 0 Å². The summed E-state index contributed by atoms with van der Waals surface area (Å²) in [4.78, 5) is 26.0. The first-order valence-corrected chi connectivity index (χ1v) is 7.97. The molecule has 0 saturated heterocycles. The predicted octanol–water partition coefficient (Wildman–Crippen LogP) is 1.62. The minimum Gasteiger partial charge on any atom is -0.383 e. The average Bonchev–Trinajstić information content (AvgIpc) is 2.59. The highest BCUT2D eigenvalue weighted by molar-refractivity contribution is 5.89. The molecule has 0 unspecified atom stereocenters. The molecule has 0 fully saturated rings. The lowest BCUT2D eigenvalue weighted by molar-refractivity contribution is 0.180. The van der Waals surface area contributed by atoms with Crippen molar-refractivity contribution in [2.45, 2.75) is 19.5 Å². The van der Waals surface area contributed by atoms with E-state index in [0.717, 1.165) is 11.3 Å². The molecule has 1 aliphatic heterocycles. The smallest absolute Gasteiger partial charge is 0.322 e. The van der Waals surface area contributed by atoms with Crippen LogP contribution in [0.2, 0.25) is 0 Å². The maximum absolute atomic E-state index is 13.2. The van der Waals surface area contributed by atoms with Crippen molar-refractivity contribution in [1.29, 1.82) is 0 Å². The molecule has 0 radical (unpaired) electrons. The molecule has 25 heavy (non-hydrogen) atoms. The van der Waals surface area contributed by atoms with Crippen molar-refractivity contribution in [3.8, 4) is 0 Å². The van der Waals surface area contributed by atoms with E-state index < -0.39 is 5.82 Å². The number of carbonyl (C=O) groups is 1. The molecule has 1 aromatic heterocycles. The molecule has 1 N–H and O–H groups in total. The third-order valence-electron chi connectivity index (χ3n) is 4.01. The van der Waals surface area contributed by atoms with Gasteiger partial charge in [0.1, 0.15) is 5.82 Å². The molecule has 0 atom stereocenters. The maximum Gasteiger partial charge on any atom is 0.322 e. The number of fused-ring (bicyclic) bond motifs is 1. The fourth-order valence-corrected chi connectivity index (χ4v) is 2.72. The minimum atomic E-state index is -0.414. The molecule has 0 aliphatic carbocycles. The first-order chi connectivity index (χ1) is 12.1. The van der Waals surface area contributed by atoms with E-state index in [-0.39, 0.29) is 11.6 Å². The lowest BCUT2D eigenvalue weighted by atomic mass is 10.1. The van der Waals surface area contributed by atoms with Gasteiger partial charge in [0.15, 0.2) is 0 Å². The molecule has 8 heteroatoms. The number of ether oxygens (including phenoxy) is 1. The van der Waals surface area contributed by atoms with E-state index in [4.69, 9.17) is 4.74 Å². The molecular formula is C17H19FN4O3. The normalized spacial score (nSPS) is 13.4. The number of urea groups is 1. The number of rotatable bonds is 4. The summed E-state index contributed by atoms with van der Waals surface area (Å²) in [6.07, 6.45) is 0.555. The largest absolute Gasteiger partial charge is 0.383 e. The standard InChI is InChI=1S/C17H19FN4O3/c1-25-8-7-22-16(23)9-12-11-21(6-5-15(12)20-22)17(24)19-14-4-2-3-13(18)10-14/h2-4,9-10H,5-8,11H2,1H3,(H,19,24). The van der Waals surface area contributed by atoms with Crippen LogP contribution in [0.5, 0.6) is 0 Å². The van der Waals surface area contributed by atoms with Crippen LogP contribution in [0.1, 0.15) is 11.3 Å². The molecule has 2 amide bonds. The number of halogens is 1. The molecular weight excluding hydrogens is 327 g/mol. The molecule has 1 aromatic carbocycles. The van der Waals surface area contributed by atoms with E-state index in [1.165, 1.54) is 28.9 Å². The summed E-state index contributed by atoms with van der Waals surface area (Å²) in [7, 11) is 1.57. The number of hydrogen-bond acceptors (Lipinski definition) is 4. The Morgan fingerprint density at radius 1 is 1.40 bits per heavy atom. The zero-order chi connectivity index (χ0) is 17.8. The summed E-state index contributed by atoms with van der Waals surface area (Å²) in [5, 5.41) is 7.02. The van der Waals surface area contributed by atoms with Crippen molar-refractivity contribution < 1.29 is 13.9 Å². The van der Waals surface area contributed by atoms with Gasteiger partial charge in [-0.1, -0.05) is 6.07 Å². The second-order valence-electron chi connectivity index (χ2n) is 5.78. The topological polar surface area (TPSA) is 76.5 Å². The van der Waals surface area contributed by atoms with Gasteiger partial charge in [-0.15, -0.1) is 0 Å². The van der Waals surface area contributed by atoms with Gasteiger partial charge in [0.05, 0.1) is 18.8 Å². The van der Waals surface area contributed by atoms with Crippen molar-refractivity contribution >= 4 is 11.7 Å². The average molecular weight is 346 g/mol. The minimum absolute atomic E-state index is 0.219. The molecule has 0 saturated carbocycles. The Labute approximate surface area is 144 Å². The van der Waals surface area contributed by atoms with E-state index in [1.807, 2.05) is 0 Å². The van der Waals surface area contributed by atoms with Crippen LogP contribution in [0.25, 0.3) is 0 Å². The van der Waals surface area contributed by atoms with E-state index in [9.17, 15) is 14.0 Å². The molecule has 3 rings (SSSR count).